The van der Waals surface area contributed by atoms with Crippen molar-refractivity contribution in [2.75, 3.05) is 6.54 Å². The summed E-state index contributed by atoms with van der Waals surface area (Å²) < 4.78 is 5.27. The van der Waals surface area contributed by atoms with Crippen LogP contribution in [-0.2, 0) is 14.3 Å². The fourth-order valence-corrected chi connectivity index (χ4v) is 3.29. The number of carboxylic acid groups (broad SMARTS) is 1. The minimum Gasteiger partial charge on any atom is -0.480 e. The summed E-state index contributed by atoms with van der Waals surface area (Å²) in [5.74, 6) is -1.34. The molecule has 2 amide bonds. The van der Waals surface area contributed by atoms with Gasteiger partial charge in [-0.15, -0.1) is 0 Å². The van der Waals surface area contributed by atoms with Gasteiger partial charge in [-0.3, -0.25) is 4.79 Å². The molecule has 7 nitrogen and oxygen atoms in total. The molecule has 2 N–H and O–H groups in total. The Kier molecular flexibility index (Phi) is 4.83. The molecular weight excluding hydrogens is 324 g/mol. The van der Waals surface area contributed by atoms with E-state index < -0.39 is 35.2 Å². The molecule has 1 saturated carbocycles. The van der Waals surface area contributed by atoms with Gasteiger partial charge in [0.15, 0.2) is 0 Å². The van der Waals surface area contributed by atoms with Gasteiger partial charge >= 0.3 is 12.1 Å². The maximum Gasteiger partial charge on any atom is 0.408 e. The van der Waals surface area contributed by atoms with E-state index in [-0.39, 0.29) is 11.3 Å². The van der Waals surface area contributed by atoms with Crippen LogP contribution in [0.2, 0.25) is 0 Å². The van der Waals surface area contributed by atoms with Crippen molar-refractivity contribution in [2.24, 2.45) is 10.8 Å². The third-order valence-corrected chi connectivity index (χ3v) is 4.81. The van der Waals surface area contributed by atoms with Gasteiger partial charge in [-0.2, -0.15) is 0 Å². The van der Waals surface area contributed by atoms with Crippen LogP contribution < -0.4 is 5.32 Å². The van der Waals surface area contributed by atoms with Crippen molar-refractivity contribution in [3.05, 3.63) is 0 Å². The quantitative estimate of drug-likeness (QED) is 0.811. The Bertz CT molecular complexity index is 569. The number of likely N-dealkylation sites (tertiary alicyclic amines) is 1. The van der Waals surface area contributed by atoms with Crippen LogP contribution in [0.1, 0.15) is 60.8 Å². The Hall–Kier alpha value is -1.79. The van der Waals surface area contributed by atoms with Gasteiger partial charge in [0, 0.05) is 6.54 Å². The number of amides is 2. The number of ether oxygens (including phenoxy) is 1. The van der Waals surface area contributed by atoms with Crippen LogP contribution in [0, 0.1) is 10.8 Å². The predicted molar refractivity (Wildman–Crippen MR) is 92.0 cm³/mol. The second kappa shape index (κ2) is 6.18. The number of nitrogens with one attached hydrogen (secondary N) is 1. The maximum atomic E-state index is 13.1. The smallest absolute Gasteiger partial charge is 0.408 e. The number of hydrogen-bond donors (Lipinski definition) is 2. The predicted octanol–water partition coefficient (Wildman–Crippen LogP) is 2.39. The molecule has 1 spiro atoms. The van der Waals surface area contributed by atoms with E-state index >= 15 is 0 Å². The molecule has 142 valence electrons. The Morgan fingerprint density at radius 2 is 1.72 bits per heavy atom. The second-order valence-electron chi connectivity index (χ2n) is 9.47. The van der Waals surface area contributed by atoms with Crippen molar-refractivity contribution in [1.82, 2.24) is 10.2 Å². The number of aliphatic carboxylic acids is 1. The Morgan fingerprint density at radius 3 is 2.12 bits per heavy atom. The zero-order chi connectivity index (χ0) is 19.2. The molecule has 2 fully saturated rings. The summed E-state index contributed by atoms with van der Waals surface area (Å²) in [5, 5.41) is 12.2. The number of alkyl carbamates (subject to hydrolysis) is 1. The lowest BCUT2D eigenvalue weighted by molar-refractivity contribution is -0.150. The molecular formula is C18H30N2O5. The lowest BCUT2D eigenvalue weighted by Crippen LogP contribution is -2.57. The monoisotopic (exact) mass is 354 g/mol. The van der Waals surface area contributed by atoms with Gasteiger partial charge in [0.05, 0.1) is 0 Å². The summed E-state index contributed by atoms with van der Waals surface area (Å²) in [4.78, 5) is 38.3. The normalized spacial score (nSPS) is 23.3. The van der Waals surface area contributed by atoms with Crippen molar-refractivity contribution < 1.29 is 24.2 Å². The van der Waals surface area contributed by atoms with Crippen molar-refractivity contribution >= 4 is 18.0 Å². The fourth-order valence-electron chi connectivity index (χ4n) is 3.29. The molecule has 0 unspecified atom stereocenters. The first-order valence-electron chi connectivity index (χ1n) is 8.77. The summed E-state index contributed by atoms with van der Waals surface area (Å²) in [5.41, 5.74) is -1.28. The van der Waals surface area contributed by atoms with Crippen molar-refractivity contribution in [3.63, 3.8) is 0 Å². The van der Waals surface area contributed by atoms with E-state index in [1.54, 1.807) is 20.8 Å². The first kappa shape index (κ1) is 19.5. The number of carbonyl (C=O) groups is 3. The van der Waals surface area contributed by atoms with Gasteiger partial charge in [-0.05, 0) is 50.9 Å². The Balaban J connectivity index is 2.18. The lowest BCUT2D eigenvalue weighted by Gasteiger charge is -2.35. The number of carboxylic acids is 1. The molecule has 2 atom stereocenters. The molecule has 0 radical (unpaired) electrons. The summed E-state index contributed by atoms with van der Waals surface area (Å²) in [6.07, 6.45) is 1.74. The minimum atomic E-state index is -0.984. The molecule has 1 heterocycles. The lowest BCUT2D eigenvalue weighted by atomic mass is 9.85. The zero-order valence-corrected chi connectivity index (χ0v) is 16.0. The average Bonchev–Trinajstić information content (AvgIpc) is 3.02. The van der Waals surface area contributed by atoms with Crippen LogP contribution in [0.25, 0.3) is 0 Å². The highest BCUT2D eigenvalue weighted by Gasteiger charge is 2.56. The summed E-state index contributed by atoms with van der Waals surface area (Å²) in [6.45, 7) is 11.2. The summed E-state index contributed by atoms with van der Waals surface area (Å²) in [7, 11) is 0. The number of carbonyl (C=O) groups excluding carboxylic acids is 2. The topological polar surface area (TPSA) is 95.9 Å². The van der Waals surface area contributed by atoms with Gasteiger partial charge in [-0.25, -0.2) is 9.59 Å². The van der Waals surface area contributed by atoms with E-state index in [2.05, 4.69) is 5.32 Å². The molecule has 1 aliphatic carbocycles. The Labute approximate surface area is 149 Å². The van der Waals surface area contributed by atoms with Crippen molar-refractivity contribution in [3.8, 4) is 0 Å². The molecule has 0 aromatic heterocycles. The van der Waals surface area contributed by atoms with E-state index in [1.807, 2.05) is 20.8 Å². The molecule has 2 aliphatic rings. The number of hydrogen-bond acceptors (Lipinski definition) is 4. The molecule has 1 saturated heterocycles. The molecule has 0 bridgehead atoms. The van der Waals surface area contributed by atoms with E-state index in [0.717, 1.165) is 12.8 Å². The van der Waals surface area contributed by atoms with E-state index in [1.165, 1.54) is 4.90 Å². The van der Waals surface area contributed by atoms with Crippen LogP contribution in [0.5, 0.6) is 0 Å². The number of nitrogens with zero attached hydrogens (tertiary/aromatic N) is 1. The van der Waals surface area contributed by atoms with Crippen molar-refractivity contribution in [1.29, 1.82) is 0 Å². The molecule has 0 aromatic rings. The third kappa shape index (κ3) is 4.64. The highest BCUT2D eigenvalue weighted by Crippen LogP contribution is 2.55. The Morgan fingerprint density at radius 1 is 1.16 bits per heavy atom. The molecule has 0 aromatic carbocycles. The molecule has 25 heavy (non-hydrogen) atoms. The average molecular weight is 354 g/mol. The highest BCUT2D eigenvalue weighted by atomic mass is 16.6. The fraction of sp³-hybridized carbons (Fsp3) is 0.833. The largest absolute Gasteiger partial charge is 0.480 e. The van der Waals surface area contributed by atoms with Crippen LogP contribution in [0.4, 0.5) is 4.79 Å². The van der Waals surface area contributed by atoms with Crippen LogP contribution >= 0.6 is 0 Å². The SMILES string of the molecule is CC(C)(C)OC(=O)N[C@H](C(=O)N1CC2(CC2)C[C@H]1C(=O)O)C(C)(C)C. The number of rotatable bonds is 3. The van der Waals surface area contributed by atoms with Gasteiger partial charge in [0.1, 0.15) is 17.7 Å². The zero-order valence-electron chi connectivity index (χ0n) is 16.0. The van der Waals surface area contributed by atoms with E-state index in [9.17, 15) is 19.5 Å². The van der Waals surface area contributed by atoms with Crippen LogP contribution in [0.3, 0.4) is 0 Å². The minimum absolute atomic E-state index is 0.0347. The summed E-state index contributed by atoms with van der Waals surface area (Å²) >= 11 is 0. The van der Waals surface area contributed by atoms with Gasteiger partial charge in [0.2, 0.25) is 5.91 Å². The summed E-state index contributed by atoms with van der Waals surface area (Å²) in [6, 6.07) is -1.67. The van der Waals surface area contributed by atoms with Gasteiger partial charge in [-0.1, -0.05) is 20.8 Å². The molecule has 1 aliphatic heterocycles. The van der Waals surface area contributed by atoms with Gasteiger partial charge < -0.3 is 20.1 Å². The first-order chi connectivity index (χ1) is 11.2. The second-order valence-corrected chi connectivity index (χ2v) is 9.47. The molecule has 2 rings (SSSR count). The third-order valence-electron chi connectivity index (χ3n) is 4.81. The highest BCUT2D eigenvalue weighted by molar-refractivity contribution is 5.90. The standard InChI is InChI=1S/C18H30N2O5/c1-16(2,3)12(19-15(24)25-17(4,5)6)13(21)20-10-18(7-8-18)9-11(20)14(22)23/h11-12H,7-10H2,1-6H3,(H,19,24)(H,22,23)/t11-,12+/m0/s1. The van der Waals surface area contributed by atoms with E-state index in [0.29, 0.717) is 13.0 Å². The molecule has 7 heteroatoms. The van der Waals surface area contributed by atoms with Crippen LogP contribution in [0.15, 0.2) is 0 Å². The van der Waals surface area contributed by atoms with Gasteiger partial charge in [0.25, 0.3) is 0 Å². The first-order valence-corrected chi connectivity index (χ1v) is 8.77. The van der Waals surface area contributed by atoms with Crippen LogP contribution in [-0.4, -0.2) is 52.2 Å². The maximum absolute atomic E-state index is 13.1. The van der Waals surface area contributed by atoms with E-state index in [4.69, 9.17) is 4.74 Å². The van der Waals surface area contributed by atoms with Crippen molar-refractivity contribution in [2.45, 2.75) is 78.5 Å².